The number of phenols is 1. The SMILES string of the molecule is CC(C)(C)CC(C)(C)Oc1ccccc1O. The van der Waals surface area contributed by atoms with Crippen LogP contribution in [0.3, 0.4) is 0 Å². The van der Waals surface area contributed by atoms with Gasteiger partial charge in [-0.2, -0.15) is 0 Å². The Hall–Kier alpha value is -1.18. The van der Waals surface area contributed by atoms with Gasteiger partial charge in [0.15, 0.2) is 11.5 Å². The third-order valence-electron chi connectivity index (χ3n) is 2.21. The first kappa shape index (κ1) is 12.9. The van der Waals surface area contributed by atoms with Crippen molar-refractivity contribution in [3.63, 3.8) is 0 Å². The van der Waals surface area contributed by atoms with Crippen LogP contribution in [0.15, 0.2) is 24.3 Å². The normalized spacial score (nSPS) is 12.6. The van der Waals surface area contributed by atoms with Gasteiger partial charge in [0, 0.05) is 0 Å². The number of hydrogen-bond donors (Lipinski definition) is 1. The molecule has 1 aromatic carbocycles. The van der Waals surface area contributed by atoms with Crippen LogP contribution in [0, 0.1) is 5.41 Å². The predicted octanol–water partition coefficient (Wildman–Crippen LogP) is 3.99. The minimum absolute atomic E-state index is 0.199. The van der Waals surface area contributed by atoms with Crippen LogP contribution in [0.5, 0.6) is 11.5 Å². The Labute approximate surface area is 98.3 Å². The molecule has 0 heterocycles. The Morgan fingerprint density at radius 2 is 1.62 bits per heavy atom. The Bertz CT molecular complexity index is 348. The molecule has 0 aliphatic rings. The predicted molar refractivity (Wildman–Crippen MR) is 66.9 cm³/mol. The summed E-state index contributed by atoms with van der Waals surface area (Å²) in [7, 11) is 0. The lowest BCUT2D eigenvalue weighted by Gasteiger charge is -2.33. The zero-order chi connectivity index (χ0) is 12.4. The molecule has 0 spiro atoms. The maximum absolute atomic E-state index is 9.65. The first-order valence-corrected chi connectivity index (χ1v) is 5.67. The Morgan fingerprint density at radius 3 is 2.12 bits per heavy atom. The van der Waals surface area contributed by atoms with Crippen LogP contribution in [0.1, 0.15) is 41.0 Å². The summed E-state index contributed by atoms with van der Waals surface area (Å²) in [6.45, 7) is 10.6. The molecule has 1 N–H and O–H groups in total. The fourth-order valence-corrected chi connectivity index (χ4v) is 2.15. The number of aromatic hydroxyl groups is 1. The Balaban J connectivity index is 2.77. The van der Waals surface area contributed by atoms with Gasteiger partial charge in [-0.25, -0.2) is 0 Å². The third kappa shape index (κ3) is 4.13. The summed E-state index contributed by atoms with van der Waals surface area (Å²) in [5.74, 6) is 0.751. The highest BCUT2D eigenvalue weighted by atomic mass is 16.5. The molecule has 0 saturated carbocycles. The van der Waals surface area contributed by atoms with Gasteiger partial charge >= 0.3 is 0 Å². The topological polar surface area (TPSA) is 29.5 Å². The molecule has 0 fully saturated rings. The molecule has 16 heavy (non-hydrogen) atoms. The van der Waals surface area contributed by atoms with Gasteiger partial charge in [-0.05, 0) is 37.8 Å². The molecular formula is C14H22O2. The van der Waals surface area contributed by atoms with Crippen LogP contribution in [-0.4, -0.2) is 10.7 Å². The fourth-order valence-electron chi connectivity index (χ4n) is 2.15. The summed E-state index contributed by atoms with van der Waals surface area (Å²) in [4.78, 5) is 0. The van der Waals surface area contributed by atoms with Crippen LogP contribution in [0.2, 0.25) is 0 Å². The highest BCUT2D eigenvalue weighted by molar-refractivity contribution is 5.38. The van der Waals surface area contributed by atoms with Crippen molar-refractivity contribution in [1.29, 1.82) is 0 Å². The average molecular weight is 222 g/mol. The van der Waals surface area contributed by atoms with Crippen molar-refractivity contribution in [2.75, 3.05) is 0 Å². The van der Waals surface area contributed by atoms with E-state index in [0.29, 0.717) is 5.75 Å². The molecule has 0 aliphatic carbocycles. The van der Waals surface area contributed by atoms with Gasteiger partial charge in [-0.3, -0.25) is 0 Å². The lowest BCUT2D eigenvalue weighted by atomic mass is 9.83. The second-order valence-electron chi connectivity index (χ2n) is 6.07. The van der Waals surface area contributed by atoms with Gasteiger partial charge in [0.1, 0.15) is 5.60 Å². The Morgan fingerprint density at radius 1 is 1.06 bits per heavy atom. The van der Waals surface area contributed by atoms with Crippen molar-refractivity contribution in [3.05, 3.63) is 24.3 Å². The number of ether oxygens (including phenoxy) is 1. The molecule has 0 radical (unpaired) electrons. The minimum Gasteiger partial charge on any atom is -0.504 e. The van der Waals surface area contributed by atoms with Crippen LogP contribution in [0.25, 0.3) is 0 Å². The standard InChI is InChI=1S/C14H22O2/c1-13(2,3)10-14(4,5)16-12-9-7-6-8-11(12)15/h6-9,15H,10H2,1-5H3. The number of phenolic OH excluding ortho intramolecular Hbond substituents is 1. The van der Waals surface area contributed by atoms with Crippen molar-refractivity contribution < 1.29 is 9.84 Å². The van der Waals surface area contributed by atoms with E-state index >= 15 is 0 Å². The monoisotopic (exact) mass is 222 g/mol. The summed E-state index contributed by atoms with van der Waals surface area (Å²) in [5.41, 5.74) is -0.0784. The van der Waals surface area contributed by atoms with Gasteiger partial charge in [-0.15, -0.1) is 0 Å². The molecule has 90 valence electrons. The zero-order valence-electron chi connectivity index (χ0n) is 10.9. The average Bonchev–Trinajstić information content (AvgIpc) is 2.04. The maximum atomic E-state index is 9.65. The van der Waals surface area contributed by atoms with Crippen molar-refractivity contribution >= 4 is 0 Å². The van der Waals surface area contributed by atoms with Gasteiger partial charge < -0.3 is 9.84 Å². The molecule has 0 aliphatic heterocycles. The highest BCUT2D eigenvalue weighted by Gasteiger charge is 2.27. The molecule has 1 rings (SSSR count). The number of benzene rings is 1. The second-order valence-corrected chi connectivity index (χ2v) is 6.07. The van der Waals surface area contributed by atoms with Crippen molar-refractivity contribution in [1.82, 2.24) is 0 Å². The van der Waals surface area contributed by atoms with Crippen molar-refractivity contribution in [2.45, 2.75) is 46.6 Å². The summed E-state index contributed by atoms with van der Waals surface area (Å²) < 4.78 is 5.86. The third-order valence-corrected chi connectivity index (χ3v) is 2.21. The lowest BCUT2D eigenvalue weighted by Crippen LogP contribution is -2.33. The largest absolute Gasteiger partial charge is 0.504 e. The van der Waals surface area contributed by atoms with Crippen molar-refractivity contribution in [2.24, 2.45) is 5.41 Å². The van der Waals surface area contributed by atoms with Crippen LogP contribution >= 0.6 is 0 Å². The van der Waals surface area contributed by atoms with Gasteiger partial charge in [-0.1, -0.05) is 32.9 Å². The van der Waals surface area contributed by atoms with Crippen LogP contribution < -0.4 is 4.74 Å². The van der Waals surface area contributed by atoms with E-state index in [1.807, 2.05) is 19.9 Å². The van der Waals surface area contributed by atoms with E-state index < -0.39 is 0 Å². The minimum atomic E-state index is -0.281. The quantitative estimate of drug-likeness (QED) is 0.838. The molecule has 0 unspecified atom stereocenters. The smallest absolute Gasteiger partial charge is 0.161 e. The van der Waals surface area contributed by atoms with Crippen LogP contribution in [0.4, 0.5) is 0 Å². The molecule has 0 saturated heterocycles. The second kappa shape index (κ2) is 4.36. The van der Waals surface area contributed by atoms with E-state index in [1.54, 1.807) is 18.2 Å². The molecule has 2 heteroatoms. The number of hydrogen-bond acceptors (Lipinski definition) is 2. The van der Waals surface area contributed by atoms with Gasteiger partial charge in [0.25, 0.3) is 0 Å². The van der Waals surface area contributed by atoms with E-state index in [-0.39, 0.29) is 16.8 Å². The lowest BCUT2D eigenvalue weighted by molar-refractivity contribution is 0.0593. The molecule has 1 aromatic rings. The van der Waals surface area contributed by atoms with Crippen molar-refractivity contribution in [3.8, 4) is 11.5 Å². The van der Waals surface area contributed by atoms with Gasteiger partial charge in [0.05, 0.1) is 0 Å². The summed E-state index contributed by atoms with van der Waals surface area (Å²) >= 11 is 0. The first-order chi connectivity index (χ1) is 7.20. The Kier molecular flexibility index (Phi) is 3.51. The van der Waals surface area contributed by atoms with E-state index in [1.165, 1.54) is 0 Å². The maximum Gasteiger partial charge on any atom is 0.161 e. The van der Waals surface area contributed by atoms with Gasteiger partial charge in [0.2, 0.25) is 0 Å². The first-order valence-electron chi connectivity index (χ1n) is 5.67. The van der Waals surface area contributed by atoms with E-state index in [0.717, 1.165) is 6.42 Å². The van der Waals surface area contributed by atoms with Crippen LogP contribution in [-0.2, 0) is 0 Å². The highest BCUT2D eigenvalue weighted by Crippen LogP contribution is 2.34. The van der Waals surface area contributed by atoms with E-state index in [2.05, 4.69) is 20.8 Å². The zero-order valence-corrected chi connectivity index (χ0v) is 10.9. The fraction of sp³-hybridized carbons (Fsp3) is 0.571. The number of para-hydroxylation sites is 2. The molecule has 0 amide bonds. The number of rotatable bonds is 3. The van der Waals surface area contributed by atoms with E-state index in [4.69, 9.17) is 4.74 Å². The molecule has 0 atom stereocenters. The summed E-state index contributed by atoms with van der Waals surface area (Å²) in [6.07, 6.45) is 0.925. The summed E-state index contributed by atoms with van der Waals surface area (Å²) in [5, 5.41) is 9.65. The molecular weight excluding hydrogens is 200 g/mol. The van der Waals surface area contributed by atoms with E-state index in [9.17, 15) is 5.11 Å². The molecule has 0 bridgehead atoms. The summed E-state index contributed by atoms with van der Waals surface area (Å²) in [6, 6.07) is 7.09. The molecule has 0 aromatic heterocycles. The molecule has 2 nitrogen and oxygen atoms in total.